The SMILES string of the molecule is Cc1nnc2n1-c1c(c(F)cc(-c3cc(F)cc4c3ccn4S(C)(=O)=O)c1C1CC1)NC2(C)C. The zero-order chi connectivity index (χ0) is 24.2. The van der Waals surface area contributed by atoms with Gasteiger partial charge < -0.3 is 5.32 Å². The van der Waals surface area contributed by atoms with Crippen LogP contribution in [0.2, 0.25) is 0 Å². The van der Waals surface area contributed by atoms with Gasteiger partial charge in [-0.1, -0.05) is 0 Å². The van der Waals surface area contributed by atoms with Gasteiger partial charge in [-0.3, -0.25) is 4.57 Å². The topological polar surface area (TPSA) is 81.8 Å². The number of hydrogen-bond acceptors (Lipinski definition) is 5. The van der Waals surface area contributed by atoms with Crippen LogP contribution in [0.5, 0.6) is 0 Å². The number of aromatic nitrogens is 4. The van der Waals surface area contributed by atoms with Crippen LogP contribution in [0.3, 0.4) is 0 Å². The van der Waals surface area contributed by atoms with Crippen molar-refractivity contribution in [3.05, 3.63) is 59.3 Å². The van der Waals surface area contributed by atoms with E-state index in [9.17, 15) is 12.8 Å². The van der Waals surface area contributed by atoms with Crippen molar-refractivity contribution in [1.29, 1.82) is 0 Å². The van der Waals surface area contributed by atoms with Gasteiger partial charge in [-0.2, -0.15) is 0 Å². The van der Waals surface area contributed by atoms with Crippen molar-refractivity contribution in [1.82, 2.24) is 18.7 Å². The van der Waals surface area contributed by atoms with Gasteiger partial charge in [0.15, 0.2) is 5.82 Å². The molecule has 34 heavy (non-hydrogen) atoms. The van der Waals surface area contributed by atoms with Crippen LogP contribution in [0.25, 0.3) is 27.7 Å². The predicted octanol–water partition coefficient (Wildman–Crippen LogP) is 4.82. The summed E-state index contributed by atoms with van der Waals surface area (Å²) in [5.41, 5.74) is 2.49. The Morgan fingerprint density at radius 2 is 1.85 bits per heavy atom. The maximum atomic E-state index is 15.7. The molecule has 0 saturated heterocycles. The summed E-state index contributed by atoms with van der Waals surface area (Å²) in [6.45, 7) is 5.67. The van der Waals surface area contributed by atoms with Crippen molar-refractivity contribution in [2.75, 3.05) is 11.6 Å². The molecule has 2 aliphatic rings. The molecule has 0 atom stereocenters. The summed E-state index contributed by atoms with van der Waals surface area (Å²) in [6, 6.07) is 5.61. The Kier molecular flexibility index (Phi) is 4.16. The maximum Gasteiger partial charge on any atom is 0.236 e. The highest BCUT2D eigenvalue weighted by molar-refractivity contribution is 7.89. The first-order valence-electron chi connectivity index (χ1n) is 11.1. The molecule has 1 aliphatic carbocycles. The molecule has 0 amide bonds. The summed E-state index contributed by atoms with van der Waals surface area (Å²) in [5.74, 6) is 0.408. The number of hydrogen-bond donors (Lipinski definition) is 1. The van der Waals surface area contributed by atoms with E-state index < -0.39 is 27.2 Å². The van der Waals surface area contributed by atoms with Crippen LogP contribution >= 0.6 is 0 Å². The van der Waals surface area contributed by atoms with Gasteiger partial charge >= 0.3 is 0 Å². The minimum Gasteiger partial charge on any atom is -0.369 e. The molecule has 0 bridgehead atoms. The molecule has 0 radical (unpaired) electrons. The summed E-state index contributed by atoms with van der Waals surface area (Å²) in [5, 5.41) is 12.4. The highest BCUT2D eigenvalue weighted by atomic mass is 32.2. The highest BCUT2D eigenvalue weighted by Crippen LogP contribution is 2.53. The lowest BCUT2D eigenvalue weighted by atomic mass is 9.89. The number of nitrogens with zero attached hydrogens (tertiary/aromatic N) is 4. The Labute approximate surface area is 195 Å². The van der Waals surface area contributed by atoms with E-state index in [4.69, 9.17) is 0 Å². The van der Waals surface area contributed by atoms with Crippen LogP contribution in [0.1, 0.15) is 49.8 Å². The smallest absolute Gasteiger partial charge is 0.236 e. The van der Waals surface area contributed by atoms with Gasteiger partial charge in [0.2, 0.25) is 10.0 Å². The van der Waals surface area contributed by atoms with Gasteiger partial charge in [0.1, 0.15) is 17.5 Å². The summed E-state index contributed by atoms with van der Waals surface area (Å²) in [7, 11) is -3.64. The molecule has 7 nitrogen and oxygen atoms in total. The van der Waals surface area contributed by atoms with Gasteiger partial charge in [-0.15, -0.1) is 10.2 Å². The van der Waals surface area contributed by atoms with Gasteiger partial charge in [0, 0.05) is 11.6 Å². The quantitative estimate of drug-likeness (QED) is 0.452. The third-order valence-corrected chi connectivity index (χ3v) is 7.74. The highest BCUT2D eigenvalue weighted by Gasteiger charge is 2.41. The van der Waals surface area contributed by atoms with Crippen LogP contribution in [-0.2, 0) is 15.6 Å². The van der Waals surface area contributed by atoms with Crippen LogP contribution in [0.4, 0.5) is 14.5 Å². The van der Waals surface area contributed by atoms with Crippen LogP contribution in [-0.4, -0.2) is 33.4 Å². The molecular formula is C24H23F2N5O2S. The van der Waals surface area contributed by atoms with Gasteiger partial charge in [-0.25, -0.2) is 21.2 Å². The lowest BCUT2D eigenvalue weighted by molar-refractivity contribution is 0.521. The van der Waals surface area contributed by atoms with E-state index in [0.29, 0.717) is 39.5 Å². The standard InChI is InChI=1S/C24H23F2N5O2S/c1-12-28-29-23-24(2,3)27-21-18(26)11-17(20(13-5-6-13)22(21)31(12)23)16-9-14(25)10-19-15(16)7-8-30(19)34(4,32)33/h7-11,13,27H,5-6H2,1-4H3. The fourth-order valence-corrected chi connectivity index (χ4v) is 5.90. The lowest BCUT2D eigenvalue weighted by Crippen LogP contribution is -2.37. The second kappa shape index (κ2) is 6.65. The molecule has 4 aromatic rings. The van der Waals surface area contributed by atoms with Crippen molar-refractivity contribution >= 4 is 26.6 Å². The van der Waals surface area contributed by atoms with Crippen molar-refractivity contribution in [2.24, 2.45) is 0 Å². The van der Waals surface area contributed by atoms with Crippen LogP contribution < -0.4 is 5.32 Å². The molecule has 2 aromatic carbocycles. The molecule has 10 heteroatoms. The predicted molar refractivity (Wildman–Crippen MR) is 126 cm³/mol. The van der Waals surface area contributed by atoms with Crippen molar-refractivity contribution in [3.8, 4) is 16.8 Å². The zero-order valence-corrected chi connectivity index (χ0v) is 20.0. The third-order valence-electron chi connectivity index (χ3n) is 6.71. The number of fused-ring (bicyclic) bond motifs is 4. The molecule has 1 N–H and O–H groups in total. The van der Waals surface area contributed by atoms with Gasteiger partial charge in [0.25, 0.3) is 0 Å². The van der Waals surface area contributed by atoms with E-state index in [0.717, 1.165) is 28.6 Å². The first kappa shape index (κ1) is 21.3. The van der Waals surface area contributed by atoms with E-state index >= 15 is 4.39 Å². The Hall–Kier alpha value is -3.27. The van der Waals surface area contributed by atoms with E-state index in [2.05, 4.69) is 15.5 Å². The van der Waals surface area contributed by atoms with Crippen molar-refractivity contribution < 1.29 is 17.2 Å². The largest absolute Gasteiger partial charge is 0.369 e. The number of anilines is 1. The molecule has 1 fully saturated rings. The van der Waals surface area contributed by atoms with E-state index in [-0.39, 0.29) is 11.4 Å². The number of aryl methyl sites for hydroxylation is 1. The van der Waals surface area contributed by atoms with Gasteiger partial charge in [-0.05, 0) is 80.5 Å². The average Bonchev–Trinajstić information content (AvgIpc) is 3.35. The number of nitrogens with one attached hydrogen (secondary N) is 1. The van der Waals surface area contributed by atoms with Crippen molar-refractivity contribution in [3.63, 3.8) is 0 Å². The molecule has 0 spiro atoms. The minimum absolute atomic E-state index is 0.164. The molecule has 6 rings (SSSR count). The zero-order valence-electron chi connectivity index (χ0n) is 19.1. The summed E-state index contributed by atoms with van der Waals surface area (Å²) < 4.78 is 58.0. The maximum absolute atomic E-state index is 15.7. The third kappa shape index (κ3) is 2.94. The van der Waals surface area contributed by atoms with E-state index in [1.165, 1.54) is 24.4 Å². The molecule has 2 aromatic heterocycles. The summed E-state index contributed by atoms with van der Waals surface area (Å²) in [4.78, 5) is 0. The number of benzene rings is 2. The fraction of sp³-hybridized carbons (Fsp3) is 0.333. The Morgan fingerprint density at radius 3 is 2.53 bits per heavy atom. The molecular weight excluding hydrogens is 460 g/mol. The fourth-order valence-electron chi connectivity index (χ4n) is 5.11. The van der Waals surface area contributed by atoms with Crippen molar-refractivity contribution in [2.45, 2.75) is 45.1 Å². The number of rotatable bonds is 3. The molecule has 0 unspecified atom stereocenters. The monoisotopic (exact) mass is 483 g/mol. The Bertz CT molecular complexity index is 1630. The molecule has 1 aliphatic heterocycles. The van der Waals surface area contributed by atoms with E-state index in [1.54, 1.807) is 6.07 Å². The first-order valence-corrected chi connectivity index (χ1v) is 12.9. The molecule has 1 saturated carbocycles. The Balaban J connectivity index is 1.73. The van der Waals surface area contributed by atoms with Crippen LogP contribution in [0.15, 0.2) is 30.5 Å². The van der Waals surface area contributed by atoms with E-state index in [1.807, 2.05) is 25.3 Å². The molecule has 176 valence electrons. The van der Waals surface area contributed by atoms with Gasteiger partial charge in [0.05, 0.1) is 28.7 Å². The minimum atomic E-state index is -3.64. The Morgan fingerprint density at radius 1 is 1.12 bits per heavy atom. The summed E-state index contributed by atoms with van der Waals surface area (Å²) >= 11 is 0. The van der Waals surface area contributed by atoms with Crippen LogP contribution in [0, 0.1) is 18.6 Å². The second-order valence-electron chi connectivity index (χ2n) is 9.73. The number of halogens is 2. The lowest BCUT2D eigenvalue weighted by Gasteiger charge is -2.36. The average molecular weight is 484 g/mol. The first-order chi connectivity index (χ1) is 16.0. The molecule has 3 heterocycles. The summed E-state index contributed by atoms with van der Waals surface area (Å²) in [6.07, 6.45) is 4.32. The second-order valence-corrected chi connectivity index (χ2v) is 11.6. The normalized spacial score (nSPS) is 16.9.